The third-order valence-corrected chi connectivity index (χ3v) is 4.81. The third-order valence-electron chi connectivity index (χ3n) is 4.81. The van der Waals surface area contributed by atoms with E-state index in [1.165, 1.54) is 0 Å². The summed E-state index contributed by atoms with van der Waals surface area (Å²) < 4.78 is 52.6. The molecule has 0 aromatic heterocycles. The highest BCUT2D eigenvalue weighted by molar-refractivity contribution is 5.85. The maximum absolute atomic E-state index is 14.0. The largest absolute Gasteiger partial charge is 0.416 e. The Morgan fingerprint density at radius 1 is 1.04 bits per heavy atom. The van der Waals surface area contributed by atoms with Crippen LogP contribution in [0, 0.1) is 11.7 Å². The zero-order valence-electron chi connectivity index (χ0n) is 14.0. The minimum Gasteiger partial charge on any atom is -0.330 e. The molecule has 1 saturated heterocycles. The van der Waals surface area contributed by atoms with Crippen molar-refractivity contribution in [1.29, 1.82) is 0 Å². The van der Waals surface area contributed by atoms with E-state index >= 15 is 0 Å². The van der Waals surface area contributed by atoms with E-state index in [1.54, 1.807) is 0 Å². The van der Waals surface area contributed by atoms with Crippen LogP contribution >= 0.6 is 12.4 Å². The number of nitrogens with two attached hydrogens (primary N) is 1. The van der Waals surface area contributed by atoms with Crippen molar-refractivity contribution in [3.63, 3.8) is 0 Å². The number of likely N-dealkylation sites (tertiary alicyclic amines) is 1. The van der Waals surface area contributed by atoms with E-state index in [-0.39, 0.29) is 36.4 Å². The van der Waals surface area contributed by atoms with E-state index in [2.05, 4.69) is 0 Å². The minimum absolute atomic E-state index is 0. The average Bonchev–Trinajstić information content (AvgIpc) is 2.99. The molecule has 0 aliphatic carbocycles. The lowest BCUT2D eigenvalue weighted by atomic mass is 9.89. The van der Waals surface area contributed by atoms with Gasteiger partial charge in [-0.25, -0.2) is 4.39 Å². The molecule has 2 N–H and O–H groups in total. The van der Waals surface area contributed by atoms with Crippen LogP contribution in [-0.4, -0.2) is 24.5 Å². The molecular formula is C19H21ClF4N2. The first kappa shape index (κ1) is 20.7. The Labute approximate surface area is 156 Å². The Morgan fingerprint density at radius 2 is 1.73 bits per heavy atom. The highest BCUT2D eigenvalue weighted by Gasteiger charge is 2.34. The Balaban J connectivity index is 0.00000243. The molecule has 0 unspecified atom stereocenters. The van der Waals surface area contributed by atoms with Gasteiger partial charge in [-0.05, 0) is 36.2 Å². The molecule has 2 aromatic rings. The topological polar surface area (TPSA) is 29.3 Å². The molecule has 2 atom stereocenters. The first-order valence-electron chi connectivity index (χ1n) is 8.21. The van der Waals surface area contributed by atoms with E-state index in [4.69, 9.17) is 5.73 Å². The molecule has 2 aromatic carbocycles. The number of benzene rings is 2. The van der Waals surface area contributed by atoms with E-state index in [0.717, 1.165) is 23.8 Å². The van der Waals surface area contributed by atoms with Crippen LogP contribution < -0.4 is 5.73 Å². The molecule has 3 rings (SSSR count). The summed E-state index contributed by atoms with van der Waals surface area (Å²) in [5.41, 5.74) is 6.28. The monoisotopic (exact) mass is 388 g/mol. The maximum atomic E-state index is 14.0. The van der Waals surface area contributed by atoms with Crippen molar-refractivity contribution < 1.29 is 17.6 Å². The Kier molecular flexibility index (Phi) is 6.66. The standard InChI is InChI=1S/C19H20F4N2.ClH/c20-18-7-6-16(19(21,22)23)8-14(18)10-25-11-15(9-24)17(12-25)13-4-2-1-3-5-13;/h1-8,15,17H,9-12,24H2;1H/t15-,17+;/m1./s1. The lowest BCUT2D eigenvalue weighted by molar-refractivity contribution is -0.137. The molecule has 0 spiro atoms. The second-order valence-corrected chi connectivity index (χ2v) is 6.51. The number of hydrogen-bond acceptors (Lipinski definition) is 2. The molecule has 0 bridgehead atoms. The predicted octanol–water partition coefficient (Wildman–Crippen LogP) is 4.44. The molecule has 26 heavy (non-hydrogen) atoms. The first-order chi connectivity index (χ1) is 11.9. The van der Waals surface area contributed by atoms with Crippen molar-refractivity contribution in [2.45, 2.75) is 18.6 Å². The third kappa shape index (κ3) is 4.55. The molecule has 7 heteroatoms. The number of nitrogens with zero attached hydrogens (tertiary/aromatic N) is 1. The van der Waals surface area contributed by atoms with Crippen LogP contribution in [-0.2, 0) is 12.7 Å². The summed E-state index contributed by atoms with van der Waals surface area (Å²) in [7, 11) is 0. The van der Waals surface area contributed by atoms with Crippen LogP contribution in [0.3, 0.4) is 0 Å². The van der Waals surface area contributed by atoms with Crippen LogP contribution in [0.4, 0.5) is 17.6 Å². The fourth-order valence-corrected chi connectivity index (χ4v) is 3.52. The van der Waals surface area contributed by atoms with E-state index < -0.39 is 17.6 Å². The normalized spacial score (nSPS) is 20.8. The highest BCUT2D eigenvalue weighted by Crippen LogP contribution is 2.34. The average molecular weight is 389 g/mol. The van der Waals surface area contributed by atoms with E-state index in [0.29, 0.717) is 19.6 Å². The van der Waals surface area contributed by atoms with Gasteiger partial charge in [0.2, 0.25) is 0 Å². The van der Waals surface area contributed by atoms with Crippen molar-refractivity contribution in [3.8, 4) is 0 Å². The Morgan fingerprint density at radius 3 is 2.35 bits per heavy atom. The molecule has 1 aliphatic heterocycles. The van der Waals surface area contributed by atoms with Crippen LogP contribution in [0.15, 0.2) is 48.5 Å². The second kappa shape index (κ2) is 8.37. The summed E-state index contributed by atoms with van der Waals surface area (Å²) in [6.07, 6.45) is -4.47. The molecular weight excluding hydrogens is 368 g/mol. The van der Waals surface area contributed by atoms with Crippen molar-refractivity contribution in [2.24, 2.45) is 11.7 Å². The van der Waals surface area contributed by atoms with Gasteiger partial charge in [0.1, 0.15) is 5.82 Å². The summed E-state index contributed by atoms with van der Waals surface area (Å²) >= 11 is 0. The fourth-order valence-electron chi connectivity index (χ4n) is 3.52. The van der Waals surface area contributed by atoms with Gasteiger partial charge in [0, 0.05) is 31.1 Å². The molecule has 0 saturated carbocycles. The lowest BCUT2D eigenvalue weighted by Gasteiger charge is -2.18. The number of halogens is 5. The summed E-state index contributed by atoms with van der Waals surface area (Å²) in [5, 5.41) is 0. The molecule has 0 radical (unpaired) electrons. The SMILES string of the molecule is Cl.NC[C@@H]1CN(Cc2cc(C(F)(F)F)ccc2F)C[C@H]1c1ccccc1. The zero-order valence-corrected chi connectivity index (χ0v) is 14.9. The predicted molar refractivity (Wildman–Crippen MR) is 95.7 cm³/mol. The lowest BCUT2D eigenvalue weighted by Crippen LogP contribution is -2.23. The van der Waals surface area contributed by atoms with Gasteiger partial charge < -0.3 is 5.73 Å². The van der Waals surface area contributed by atoms with Crippen molar-refractivity contribution >= 4 is 12.4 Å². The highest BCUT2D eigenvalue weighted by atomic mass is 35.5. The summed E-state index contributed by atoms with van der Waals surface area (Å²) in [6, 6.07) is 12.5. The maximum Gasteiger partial charge on any atom is 0.416 e. The fraction of sp³-hybridized carbons (Fsp3) is 0.368. The van der Waals surface area contributed by atoms with Gasteiger partial charge in [-0.1, -0.05) is 30.3 Å². The summed E-state index contributed by atoms with van der Waals surface area (Å²) in [5.74, 6) is -0.197. The van der Waals surface area contributed by atoms with Crippen molar-refractivity contribution in [3.05, 3.63) is 71.0 Å². The van der Waals surface area contributed by atoms with Gasteiger partial charge in [-0.15, -0.1) is 12.4 Å². The molecule has 142 valence electrons. The summed E-state index contributed by atoms with van der Waals surface area (Å²) in [4.78, 5) is 1.98. The molecule has 0 amide bonds. The Bertz CT molecular complexity index is 721. The van der Waals surface area contributed by atoms with Crippen LogP contribution in [0.1, 0.15) is 22.6 Å². The van der Waals surface area contributed by atoms with Gasteiger partial charge in [0.15, 0.2) is 0 Å². The number of alkyl halides is 3. The van der Waals surface area contributed by atoms with Gasteiger partial charge in [-0.2, -0.15) is 13.2 Å². The molecule has 1 fully saturated rings. The Hall–Kier alpha value is -1.63. The van der Waals surface area contributed by atoms with Gasteiger partial charge >= 0.3 is 6.18 Å². The summed E-state index contributed by atoms with van der Waals surface area (Å²) in [6.45, 7) is 1.93. The first-order valence-corrected chi connectivity index (χ1v) is 8.21. The van der Waals surface area contributed by atoms with Gasteiger partial charge in [0.25, 0.3) is 0 Å². The van der Waals surface area contributed by atoms with E-state index in [1.807, 2.05) is 35.2 Å². The van der Waals surface area contributed by atoms with Crippen LogP contribution in [0.2, 0.25) is 0 Å². The number of rotatable bonds is 4. The van der Waals surface area contributed by atoms with Gasteiger partial charge in [-0.3, -0.25) is 4.90 Å². The van der Waals surface area contributed by atoms with E-state index in [9.17, 15) is 17.6 Å². The smallest absolute Gasteiger partial charge is 0.330 e. The molecule has 1 aliphatic rings. The minimum atomic E-state index is -4.47. The van der Waals surface area contributed by atoms with Crippen LogP contribution in [0.5, 0.6) is 0 Å². The molecule has 1 heterocycles. The second-order valence-electron chi connectivity index (χ2n) is 6.51. The molecule has 2 nitrogen and oxygen atoms in total. The van der Waals surface area contributed by atoms with Crippen molar-refractivity contribution in [1.82, 2.24) is 4.90 Å². The quantitative estimate of drug-likeness (QED) is 0.784. The number of hydrogen-bond donors (Lipinski definition) is 1. The van der Waals surface area contributed by atoms with Crippen LogP contribution in [0.25, 0.3) is 0 Å². The van der Waals surface area contributed by atoms with Crippen molar-refractivity contribution in [2.75, 3.05) is 19.6 Å². The van der Waals surface area contributed by atoms with Gasteiger partial charge in [0.05, 0.1) is 5.56 Å². The zero-order chi connectivity index (χ0) is 18.0.